The highest BCUT2D eigenvalue weighted by Gasteiger charge is 2.16. The Bertz CT molecular complexity index is 132. The summed E-state index contributed by atoms with van der Waals surface area (Å²) < 4.78 is 4.84. The Kier molecular flexibility index (Phi) is 3.16. The second-order valence-corrected chi connectivity index (χ2v) is 2.78. The zero-order valence-electron chi connectivity index (χ0n) is 6.38. The van der Waals surface area contributed by atoms with E-state index < -0.39 is 6.09 Å². The normalized spacial score (nSPS) is 19.4. The highest BCUT2D eigenvalue weighted by Crippen LogP contribution is 2.19. The van der Waals surface area contributed by atoms with E-state index in [0.29, 0.717) is 0 Å². The Hall–Kier alpha value is -0.770. The lowest BCUT2D eigenvalue weighted by Crippen LogP contribution is -2.27. The van der Waals surface area contributed by atoms with Crippen LogP contribution < -0.4 is 5.48 Å². The largest absolute Gasteiger partial charge is 0.445 e. The molecule has 0 heterocycles. The van der Waals surface area contributed by atoms with Crippen molar-refractivity contribution in [3.05, 3.63) is 0 Å². The highest BCUT2D eigenvalue weighted by atomic mass is 16.6. The molecule has 64 valence electrons. The van der Waals surface area contributed by atoms with Crippen molar-refractivity contribution in [2.75, 3.05) is 0 Å². The predicted molar refractivity (Wildman–Crippen MR) is 38.3 cm³/mol. The van der Waals surface area contributed by atoms with Gasteiger partial charge >= 0.3 is 6.09 Å². The molecule has 4 nitrogen and oxygen atoms in total. The van der Waals surface area contributed by atoms with Crippen LogP contribution in [0.2, 0.25) is 0 Å². The number of nitrogens with one attached hydrogen (secondary N) is 1. The molecule has 1 rings (SSSR count). The van der Waals surface area contributed by atoms with Gasteiger partial charge in [0.2, 0.25) is 0 Å². The summed E-state index contributed by atoms with van der Waals surface area (Å²) in [4.78, 5) is 10.5. The fourth-order valence-corrected chi connectivity index (χ4v) is 1.36. The van der Waals surface area contributed by atoms with Crippen molar-refractivity contribution in [3.63, 3.8) is 0 Å². The molecule has 2 N–H and O–H groups in total. The molecular weight excluding hydrogens is 146 g/mol. The van der Waals surface area contributed by atoms with Crippen LogP contribution in [0.4, 0.5) is 4.79 Å². The van der Waals surface area contributed by atoms with E-state index in [1.54, 1.807) is 0 Å². The molecule has 0 saturated heterocycles. The van der Waals surface area contributed by atoms with Crippen LogP contribution in [0.1, 0.15) is 32.1 Å². The summed E-state index contributed by atoms with van der Waals surface area (Å²) in [5, 5.41) is 8.14. The quantitative estimate of drug-likeness (QED) is 0.449. The first kappa shape index (κ1) is 8.33. The molecule has 4 heteroatoms. The van der Waals surface area contributed by atoms with Gasteiger partial charge in [-0.2, -0.15) is 0 Å². The smallest absolute Gasteiger partial charge is 0.431 e. The average molecular weight is 159 g/mol. The lowest BCUT2D eigenvalue weighted by molar-refractivity contribution is 0.0419. The van der Waals surface area contributed by atoms with Gasteiger partial charge in [0, 0.05) is 0 Å². The Morgan fingerprint density at radius 1 is 1.36 bits per heavy atom. The summed E-state index contributed by atoms with van der Waals surface area (Å²) in [5.41, 5.74) is 1.45. The lowest BCUT2D eigenvalue weighted by Gasteiger charge is -2.20. The summed E-state index contributed by atoms with van der Waals surface area (Å²) in [6.45, 7) is 0. The molecule has 0 radical (unpaired) electrons. The molecule has 0 bridgehead atoms. The van der Waals surface area contributed by atoms with Crippen molar-refractivity contribution in [2.45, 2.75) is 38.2 Å². The minimum Gasteiger partial charge on any atom is -0.445 e. The molecule has 0 aromatic heterocycles. The maximum Gasteiger partial charge on any atom is 0.431 e. The molecule has 1 amide bonds. The lowest BCUT2D eigenvalue weighted by atomic mass is 9.98. The average Bonchev–Trinajstić information content (AvgIpc) is 2.06. The third-order valence-electron chi connectivity index (χ3n) is 1.92. The summed E-state index contributed by atoms with van der Waals surface area (Å²) in [7, 11) is 0. The Morgan fingerprint density at radius 2 is 2.00 bits per heavy atom. The molecule has 0 atom stereocenters. The van der Waals surface area contributed by atoms with Crippen LogP contribution in [0.25, 0.3) is 0 Å². The molecule has 1 aliphatic carbocycles. The first-order valence-electron chi connectivity index (χ1n) is 3.93. The fraction of sp³-hybridized carbons (Fsp3) is 0.857. The number of rotatable bonds is 1. The Balaban J connectivity index is 2.19. The van der Waals surface area contributed by atoms with E-state index in [1.165, 1.54) is 11.9 Å². The highest BCUT2D eigenvalue weighted by molar-refractivity contribution is 5.65. The van der Waals surface area contributed by atoms with Gasteiger partial charge in [0.1, 0.15) is 6.10 Å². The number of carbonyl (C=O) groups excluding carboxylic acids is 1. The van der Waals surface area contributed by atoms with Gasteiger partial charge in [-0.1, -0.05) is 6.42 Å². The molecule has 11 heavy (non-hydrogen) atoms. The molecule has 1 aliphatic rings. The summed E-state index contributed by atoms with van der Waals surface area (Å²) >= 11 is 0. The minimum absolute atomic E-state index is 0.0101. The van der Waals surface area contributed by atoms with E-state index in [-0.39, 0.29) is 6.10 Å². The third kappa shape index (κ3) is 2.76. The maximum atomic E-state index is 10.5. The van der Waals surface area contributed by atoms with Crippen LogP contribution >= 0.6 is 0 Å². The van der Waals surface area contributed by atoms with Crippen LogP contribution in [-0.2, 0) is 4.74 Å². The van der Waals surface area contributed by atoms with Gasteiger partial charge in [-0.3, -0.25) is 5.21 Å². The monoisotopic (exact) mass is 159 g/mol. The van der Waals surface area contributed by atoms with Crippen molar-refractivity contribution in [1.29, 1.82) is 0 Å². The SMILES string of the molecule is O=C(NO)OC1CCCCC1. The van der Waals surface area contributed by atoms with Gasteiger partial charge in [-0.05, 0) is 25.7 Å². The van der Waals surface area contributed by atoms with Gasteiger partial charge in [0.15, 0.2) is 0 Å². The van der Waals surface area contributed by atoms with Gasteiger partial charge < -0.3 is 4.74 Å². The molecule has 0 aromatic rings. The fourth-order valence-electron chi connectivity index (χ4n) is 1.36. The zero-order chi connectivity index (χ0) is 8.10. The molecule has 1 fully saturated rings. The summed E-state index contributed by atoms with van der Waals surface area (Å²) in [6, 6.07) is 0. The van der Waals surface area contributed by atoms with Crippen molar-refractivity contribution in [2.24, 2.45) is 0 Å². The van der Waals surface area contributed by atoms with Gasteiger partial charge in [0.25, 0.3) is 0 Å². The zero-order valence-corrected chi connectivity index (χ0v) is 6.38. The Labute approximate surface area is 65.5 Å². The second kappa shape index (κ2) is 4.18. The second-order valence-electron chi connectivity index (χ2n) is 2.78. The molecule has 0 aromatic carbocycles. The van der Waals surface area contributed by atoms with Crippen molar-refractivity contribution in [3.8, 4) is 0 Å². The minimum atomic E-state index is -0.739. The standard InChI is InChI=1S/C7H13NO3/c9-7(8-10)11-6-4-2-1-3-5-6/h6,10H,1-5H2,(H,8,9). The Morgan fingerprint density at radius 3 is 2.55 bits per heavy atom. The third-order valence-corrected chi connectivity index (χ3v) is 1.92. The molecule has 0 unspecified atom stereocenters. The van der Waals surface area contributed by atoms with Crippen LogP contribution in [0.3, 0.4) is 0 Å². The van der Waals surface area contributed by atoms with E-state index in [2.05, 4.69) is 0 Å². The summed E-state index contributed by atoms with van der Waals surface area (Å²) in [6.07, 6.45) is 4.57. The van der Waals surface area contributed by atoms with Crippen LogP contribution in [0, 0.1) is 0 Å². The maximum absolute atomic E-state index is 10.5. The van der Waals surface area contributed by atoms with Gasteiger partial charge in [0.05, 0.1) is 0 Å². The van der Waals surface area contributed by atoms with Crippen LogP contribution in [0.15, 0.2) is 0 Å². The topological polar surface area (TPSA) is 58.6 Å². The van der Waals surface area contributed by atoms with E-state index >= 15 is 0 Å². The molecule has 1 saturated carbocycles. The van der Waals surface area contributed by atoms with E-state index in [9.17, 15) is 4.79 Å². The first-order chi connectivity index (χ1) is 5.33. The van der Waals surface area contributed by atoms with E-state index in [4.69, 9.17) is 9.94 Å². The number of hydrogen-bond donors (Lipinski definition) is 2. The van der Waals surface area contributed by atoms with Crippen molar-refractivity contribution < 1.29 is 14.7 Å². The van der Waals surface area contributed by atoms with Gasteiger partial charge in [-0.15, -0.1) is 0 Å². The number of ether oxygens (including phenoxy) is 1. The molecular formula is C7H13NO3. The predicted octanol–water partition coefficient (Wildman–Crippen LogP) is 1.43. The van der Waals surface area contributed by atoms with E-state index in [1.807, 2.05) is 0 Å². The van der Waals surface area contributed by atoms with Crippen LogP contribution in [-0.4, -0.2) is 17.4 Å². The van der Waals surface area contributed by atoms with Crippen molar-refractivity contribution in [1.82, 2.24) is 5.48 Å². The number of hydroxylamine groups is 1. The number of carbonyl (C=O) groups is 1. The summed E-state index contributed by atoms with van der Waals surface area (Å²) in [5.74, 6) is 0. The van der Waals surface area contributed by atoms with Gasteiger partial charge in [-0.25, -0.2) is 10.3 Å². The molecule has 0 spiro atoms. The number of amides is 1. The van der Waals surface area contributed by atoms with Crippen LogP contribution in [0.5, 0.6) is 0 Å². The number of hydrogen-bond acceptors (Lipinski definition) is 3. The van der Waals surface area contributed by atoms with E-state index in [0.717, 1.165) is 25.7 Å². The first-order valence-corrected chi connectivity index (χ1v) is 3.93. The molecule has 0 aliphatic heterocycles. The van der Waals surface area contributed by atoms with Crippen molar-refractivity contribution >= 4 is 6.09 Å².